The Kier molecular flexibility index (Phi) is 6.77. The van der Waals surface area contributed by atoms with Crippen molar-refractivity contribution in [1.29, 1.82) is 0 Å². The minimum absolute atomic E-state index is 0. The maximum Gasteiger partial charge on any atom is 1.00 e. The standard InChI is InChI=1S/C8H9NO5S.Na/c1-14-8-3-2-7(9(10)11)4-6(8)5-15(12)13;/h2-4H,5H2,1H3,(H,12,13);/q;+1/p-1. The predicted octanol–water partition coefficient (Wildman–Crippen LogP) is -2.01. The summed E-state index contributed by atoms with van der Waals surface area (Å²) in [6, 6.07) is 3.82. The van der Waals surface area contributed by atoms with Crippen molar-refractivity contribution in [3.8, 4) is 5.75 Å². The molecule has 1 aromatic rings. The third-order valence-electron chi connectivity index (χ3n) is 1.75. The van der Waals surface area contributed by atoms with E-state index in [0.717, 1.165) is 0 Å². The topological polar surface area (TPSA) is 92.5 Å². The van der Waals surface area contributed by atoms with E-state index in [1.165, 1.54) is 25.3 Å². The van der Waals surface area contributed by atoms with Crippen molar-refractivity contribution in [2.75, 3.05) is 7.11 Å². The average Bonchev–Trinajstić information content (AvgIpc) is 2.16. The van der Waals surface area contributed by atoms with Gasteiger partial charge in [-0.3, -0.25) is 14.3 Å². The summed E-state index contributed by atoms with van der Waals surface area (Å²) in [7, 11) is 1.37. The van der Waals surface area contributed by atoms with Crippen molar-refractivity contribution in [3.05, 3.63) is 33.9 Å². The SMILES string of the molecule is COc1ccc([N+](=O)[O-])cc1CS(=O)[O-].[Na+]. The molecule has 16 heavy (non-hydrogen) atoms. The number of nitrogens with zero attached hydrogens (tertiary/aromatic N) is 1. The van der Waals surface area contributed by atoms with Crippen LogP contribution in [-0.4, -0.2) is 20.8 Å². The van der Waals surface area contributed by atoms with E-state index in [1.54, 1.807) is 0 Å². The van der Waals surface area contributed by atoms with Crippen LogP contribution >= 0.6 is 0 Å². The van der Waals surface area contributed by atoms with Gasteiger partial charge in [0.15, 0.2) is 0 Å². The van der Waals surface area contributed by atoms with Gasteiger partial charge in [-0.2, -0.15) is 0 Å². The molecule has 0 aliphatic rings. The molecule has 0 heterocycles. The zero-order chi connectivity index (χ0) is 11.4. The van der Waals surface area contributed by atoms with Crippen LogP contribution in [0.15, 0.2) is 18.2 Å². The molecule has 8 heteroatoms. The molecule has 1 atom stereocenters. The Morgan fingerprint density at radius 3 is 2.56 bits per heavy atom. The number of ether oxygens (including phenoxy) is 1. The molecule has 0 saturated carbocycles. The van der Waals surface area contributed by atoms with E-state index < -0.39 is 16.0 Å². The Morgan fingerprint density at radius 1 is 1.50 bits per heavy atom. The Hall–Kier alpha value is -0.470. The number of methoxy groups -OCH3 is 1. The molecule has 82 valence electrons. The molecule has 1 rings (SSSR count). The number of hydrogen-bond donors (Lipinski definition) is 0. The zero-order valence-electron chi connectivity index (χ0n) is 8.84. The molecule has 0 radical (unpaired) electrons. The van der Waals surface area contributed by atoms with Crippen LogP contribution in [0.1, 0.15) is 5.56 Å². The Balaban J connectivity index is 0.00000225. The van der Waals surface area contributed by atoms with Crippen LogP contribution in [-0.2, 0) is 16.8 Å². The molecule has 1 unspecified atom stereocenters. The second-order valence-electron chi connectivity index (χ2n) is 2.70. The molecule has 6 nitrogen and oxygen atoms in total. The summed E-state index contributed by atoms with van der Waals surface area (Å²) >= 11 is -2.30. The van der Waals surface area contributed by atoms with E-state index in [1.807, 2.05) is 0 Å². The second-order valence-corrected chi connectivity index (χ2v) is 3.60. The molecule has 0 aliphatic heterocycles. The van der Waals surface area contributed by atoms with Gasteiger partial charge in [0, 0.05) is 23.4 Å². The van der Waals surface area contributed by atoms with Gasteiger partial charge in [-0.1, -0.05) is 11.1 Å². The Morgan fingerprint density at radius 2 is 2.12 bits per heavy atom. The van der Waals surface area contributed by atoms with Crippen molar-refractivity contribution in [3.63, 3.8) is 0 Å². The number of non-ortho nitro benzene ring substituents is 1. The second kappa shape index (κ2) is 6.97. The van der Waals surface area contributed by atoms with Gasteiger partial charge >= 0.3 is 29.6 Å². The number of benzene rings is 1. The first-order chi connectivity index (χ1) is 7.04. The first-order valence-corrected chi connectivity index (χ1v) is 5.16. The van der Waals surface area contributed by atoms with Crippen molar-refractivity contribution in [1.82, 2.24) is 0 Å². The molecular formula is C8H8NNaO5S. The maximum atomic E-state index is 10.5. The summed E-state index contributed by atoms with van der Waals surface area (Å²) in [5.41, 5.74) is 0.122. The summed E-state index contributed by atoms with van der Waals surface area (Å²) in [5.74, 6) is 0.0231. The summed E-state index contributed by atoms with van der Waals surface area (Å²) < 4.78 is 25.9. The van der Waals surface area contributed by atoms with Gasteiger partial charge in [-0.15, -0.1) is 0 Å². The van der Waals surface area contributed by atoms with E-state index in [0.29, 0.717) is 5.75 Å². The number of nitro benzene ring substituents is 1. The van der Waals surface area contributed by atoms with E-state index >= 15 is 0 Å². The molecule has 0 N–H and O–H groups in total. The zero-order valence-corrected chi connectivity index (χ0v) is 11.7. The van der Waals surface area contributed by atoms with Gasteiger partial charge in [-0.05, 0) is 6.07 Å². The number of nitro groups is 1. The Bertz CT molecular complexity index is 411. The van der Waals surface area contributed by atoms with Gasteiger partial charge in [0.05, 0.1) is 12.0 Å². The third-order valence-corrected chi connectivity index (χ3v) is 2.29. The van der Waals surface area contributed by atoms with E-state index in [2.05, 4.69) is 0 Å². The minimum Gasteiger partial charge on any atom is -0.772 e. The number of rotatable bonds is 4. The van der Waals surface area contributed by atoms with Gasteiger partial charge in [0.1, 0.15) is 5.75 Å². The fourth-order valence-electron chi connectivity index (χ4n) is 1.12. The predicted molar refractivity (Wildman–Crippen MR) is 52.3 cm³/mol. The van der Waals surface area contributed by atoms with Crippen LogP contribution in [0.25, 0.3) is 0 Å². The largest absolute Gasteiger partial charge is 1.00 e. The Labute approximate surface area is 117 Å². The average molecular weight is 253 g/mol. The third kappa shape index (κ3) is 4.18. The van der Waals surface area contributed by atoms with Crippen molar-refractivity contribution in [2.45, 2.75) is 5.75 Å². The summed E-state index contributed by atoms with van der Waals surface area (Å²) in [5, 5.41) is 10.4. The van der Waals surface area contributed by atoms with E-state index in [-0.39, 0.29) is 46.6 Å². The summed E-state index contributed by atoms with van der Waals surface area (Å²) in [6.07, 6.45) is 0. The van der Waals surface area contributed by atoms with Crippen molar-refractivity contribution < 1.29 is 48.0 Å². The molecule has 0 fully saturated rings. The van der Waals surface area contributed by atoms with E-state index in [4.69, 9.17) is 4.74 Å². The van der Waals surface area contributed by atoms with Crippen molar-refractivity contribution in [2.24, 2.45) is 0 Å². The molecule has 0 aliphatic carbocycles. The quantitative estimate of drug-likeness (QED) is 0.267. The van der Waals surface area contributed by atoms with Crippen molar-refractivity contribution >= 4 is 16.8 Å². The first kappa shape index (κ1) is 15.5. The van der Waals surface area contributed by atoms with Crippen LogP contribution in [0.3, 0.4) is 0 Å². The molecule has 0 spiro atoms. The molecule has 0 aromatic heterocycles. The van der Waals surface area contributed by atoms with Gasteiger partial charge in [-0.25, -0.2) is 0 Å². The summed E-state index contributed by atoms with van der Waals surface area (Å²) in [4.78, 5) is 9.86. The fraction of sp³-hybridized carbons (Fsp3) is 0.250. The molecule has 0 saturated heterocycles. The fourth-order valence-corrected chi connectivity index (χ4v) is 1.60. The van der Waals surface area contributed by atoms with E-state index in [9.17, 15) is 18.9 Å². The van der Waals surface area contributed by atoms with Crippen LogP contribution in [0, 0.1) is 10.1 Å². The van der Waals surface area contributed by atoms with Crippen LogP contribution in [0.5, 0.6) is 5.75 Å². The molecular weight excluding hydrogens is 245 g/mol. The normalized spacial score (nSPS) is 11.4. The van der Waals surface area contributed by atoms with Gasteiger partial charge < -0.3 is 9.29 Å². The monoisotopic (exact) mass is 253 g/mol. The molecule has 1 aromatic carbocycles. The van der Waals surface area contributed by atoms with Crippen LogP contribution < -0.4 is 34.3 Å². The molecule has 0 amide bonds. The minimum atomic E-state index is -2.30. The molecule has 0 bridgehead atoms. The van der Waals surface area contributed by atoms with Crippen LogP contribution in [0.2, 0.25) is 0 Å². The number of hydrogen-bond acceptors (Lipinski definition) is 5. The van der Waals surface area contributed by atoms with Gasteiger partial charge in [0.2, 0.25) is 0 Å². The van der Waals surface area contributed by atoms with Gasteiger partial charge in [0.25, 0.3) is 5.69 Å². The van der Waals surface area contributed by atoms with Crippen LogP contribution in [0.4, 0.5) is 5.69 Å². The first-order valence-electron chi connectivity index (χ1n) is 3.91. The summed E-state index contributed by atoms with van der Waals surface area (Å²) in [6.45, 7) is 0. The maximum absolute atomic E-state index is 10.5. The smallest absolute Gasteiger partial charge is 0.772 e.